The van der Waals surface area contributed by atoms with E-state index in [1.54, 1.807) is 0 Å². The number of hydrogen-bond acceptors (Lipinski definition) is 3. The first-order valence-corrected chi connectivity index (χ1v) is 5.28. The Morgan fingerprint density at radius 1 is 1.44 bits per heavy atom. The number of hydrogen-bond donors (Lipinski definition) is 2. The predicted octanol–water partition coefficient (Wildman–Crippen LogP) is 0.319. The van der Waals surface area contributed by atoms with Crippen molar-refractivity contribution in [2.45, 2.75) is 12.5 Å². The normalized spacial score (nSPS) is 12.1. The van der Waals surface area contributed by atoms with Crippen LogP contribution in [-0.2, 0) is 16.0 Å². The molecule has 1 atom stereocenters. The Hall–Kier alpha value is -1.39. The Balaban J connectivity index is 2.46. The molecule has 3 N–H and O–H groups in total. The molecule has 1 amide bonds. The van der Waals surface area contributed by atoms with Crippen molar-refractivity contribution in [1.82, 2.24) is 5.32 Å². The zero-order valence-electron chi connectivity index (χ0n) is 9.48. The van der Waals surface area contributed by atoms with Gasteiger partial charge in [-0.25, -0.2) is 0 Å². The molecule has 0 bridgehead atoms. The van der Waals surface area contributed by atoms with Crippen LogP contribution in [0.5, 0.6) is 0 Å². The molecule has 0 spiro atoms. The number of carbonyl (C=O) groups excluding carboxylic acids is 1. The fraction of sp³-hybridized carbons (Fsp3) is 0.417. The van der Waals surface area contributed by atoms with Gasteiger partial charge in [0.25, 0.3) is 0 Å². The molecule has 0 saturated heterocycles. The quantitative estimate of drug-likeness (QED) is 0.728. The van der Waals surface area contributed by atoms with Gasteiger partial charge >= 0.3 is 0 Å². The highest BCUT2D eigenvalue weighted by Gasteiger charge is 2.10. The zero-order chi connectivity index (χ0) is 11.8. The van der Waals surface area contributed by atoms with Gasteiger partial charge in [-0.3, -0.25) is 4.79 Å². The van der Waals surface area contributed by atoms with Gasteiger partial charge in [0.1, 0.15) is 6.61 Å². The van der Waals surface area contributed by atoms with Crippen molar-refractivity contribution in [3.05, 3.63) is 35.9 Å². The first-order valence-electron chi connectivity index (χ1n) is 5.28. The lowest BCUT2D eigenvalue weighted by Gasteiger charge is -2.16. The average Bonchev–Trinajstić information content (AvgIpc) is 2.30. The largest absolute Gasteiger partial charge is 0.375 e. The molecule has 4 nitrogen and oxygen atoms in total. The van der Waals surface area contributed by atoms with E-state index in [1.807, 2.05) is 30.3 Å². The predicted molar refractivity (Wildman–Crippen MR) is 63.0 cm³/mol. The number of methoxy groups -OCH3 is 1. The smallest absolute Gasteiger partial charge is 0.246 e. The van der Waals surface area contributed by atoms with Crippen LogP contribution in [0.4, 0.5) is 0 Å². The van der Waals surface area contributed by atoms with Gasteiger partial charge in [-0.05, 0) is 12.0 Å². The third kappa shape index (κ3) is 4.42. The Kier molecular flexibility index (Phi) is 5.53. The Labute approximate surface area is 95.8 Å². The highest BCUT2D eigenvalue weighted by molar-refractivity contribution is 5.77. The number of nitrogens with two attached hydrogens (primary N) is 1. The van der Waals surface area contributed by atoms with E-state index in [0.29, 0.717) is 6.54 Å². The van der Waals surface area contributed by atoms with E-state index in [-0.39, 0.29) is 18.6 Å². The van der Waals surface area contributed by atoms with Gasteiger partial charge in [0.2, 0.25) is 5.91 Å². The minimum atomic E-state index is -0.131. The van der Waals surface area contributed by atoms with E-state index >= 15 is 0 Å². The highest BCUT2D eigenvalue weighted by Crippen LogP contribution is 2.02. The van der Waals surface area contributed by atoms with E-state index in [4.69, 9.17) is 10.5 Å². The molecule has 0 radical (unpaired) electrons. The summed E-state index contributed by atoms with van der Waals surface area (Å²) in [4.78, 5) is 11.3. The molecule has 0 aliphatic heterocycles. The molecular weight excluding hydrogens is 204 g/mol. The standard InChI is InChI=1S/C12H18N2O2/c1-16-9-12(15)14-11(8-13)7-10-5-3-2-4-6-10/h2-6,11H,7-9,13H2,1H3,(H,14,15). The second-order valence-electron chi connectivity index (χ2n) is 3.62. The van der Waals surface area contributed by atoms with Crippen LogP contribution >= 0.6 is 0 Å². The summed E-state index contributed by atoms with van der Waals surface area (Å²) in [6, 6.07) is 9.91. The fourth-order valence-electron chi connectivity index (χ4n) is 1.49. The molecule has 1 aromatic rings. The van der Waals surface area contributed by atoms with E-state index in [2.05, 4.69) is 5.32 Å². The van der Waals surface area contributed by atoms with E-state index in [9.17, 15) is 4.79 Å². The lowest BCUT2D eigenvalue weighted by Crippen LogP contribution is -2.43. The second kappa shape index (κ2) is 6.98. The van der Waals surface area contributed by atoms with Crippen molar-refractivity contribution in [2.75, 3.05) is 20.3 Å². The summed E-state index contributed by atoms with van der Waals surface area (Å²) < 4.78 is 4.75. The summed E-state index contributed by atoms with van der Waals surface area (Å²) in [5.41, 5.74) is 6.77. The summed E-state index contributed by atoms with van der Waals surface area (Å²) >= 11 is 0. The van der Waals surface area contributed by atoms with Gasteiger partial charge in [-0.15, -0.1) is 0 Å². The number of amides is 1. The zero-order valence-corrected chi connectivity index (χ0v) is 9.48. The molecule has 88 valence electrons. The summed E-state index contributed by atoms with van der Waals surface area (Å²) in [5, 5.41) is 2.83. The van der Waals surface area contributed by atoms with Crippen LogP contribution in [0.1, 0.15) is 5.56 Å². The van der Waals surface area contributed by atoms with E-state index < -0.39 is 0 Å². The van der Waals surface area contributed by atoms with E-state index in [0.717, 1.165) is 12.0 Å². The molecule has 16 heavy (non-hydrogen) atoms. The van der Waals surface area contributed by atoms with Crippen LogP contribution in [0.3, 0.4) is 0 Å². The molecule has 0 fully saturated rings. The minimum absolute atomic E-state index is 0.0370. The average molecular weight is 222 g/mol. The monoisotopic (exact) mass is 222 g/mol. The molecular formula is C12H18N2O2. The molecule has 1 aromatic carbocycles. The fourth-order valence-corrected chi connectivity index (χ4v) is 1.49. The molecule has 0 heterocycles. The molecule has 1 unspecified atom stereocenters. The number of rotatable bonds is 6. The topological polar surface area (TPSA) is 64.3 Å². The lowest BCUT2D eigenvalue weighted by molar-refractivity contribution is -0.125. The molecule has 0 aromatic heterocycles. The van der Waals surface area contributed by atoms with Gasteiger partial charge in [-0.2, -0.15) is 0 Å². The van der Waals surface area contributed by atoms with Crippen LogP contribution in [0.15, 0.2) is 30.3 Å². The van der Waals surface area contributed by atoms with Gasteiger partial charge in [-0.1, -0.05) is 30.3 Å². The number of ether oxygens (including phenoxy) is 1. The van der Waals surface area contributed by atoms with E-state index in [1.165, 1.54) is 7.11 Å². The molecule has 1 rings (SSSR count). The summed E-state index contributed by atoms with van der Waals surface area (Å²) in [6.07, 6.45) is 0.743. The molecule has 0 aliphatic carbocycles. The van der Waals surface area contributed by atoms with Gasteiger partial charge < -0.3 is 15.8 Å². The third-order valence-electron chi connectivity index (χ3n) is 2.25. The Morgan fingerprint density at radius 2 is 2.12 bits per heavy atom. The lowest BCUT2D eigenvalue weighted by atomic mass is 10.1. The summed E-state index contributed by atoms with van der Waals surface area (Å²) in [7, 11) is 1.49. The van der Waals surface area contributed by atoms with Gasteiger partial charge in [0.05, 0.1) is 0 Å². The van der Waals surface area contributed by atoms with Gasteiger partial charge in [0.15, 0.2) is 0 Å². The van der Waals surface area contributed by atoms with Crippen molar-refractivity contribution in [1.29, 1.82) is 0 Å². The minimum Gasteiger partial charge on any atom is -0.375 e. The summed E-state index contributed by atoms with van der Waals surface area (Å²) in [6.45, 7) is 0.496. The van der Waals surface area contributed by atoms with Gasteiger partial charge in [0, 0.05) is 19.7 Å². The van der Waals surface area contributed by atoms with Crippen LogP contribution < -0.4 is 11.1 Å². The Morgan fingerprint density at radius 3 is 2.69 bits per heavy atom. The first-order chi connectivity index (χ1) is 7.76. The third-order valence-corrected chi connectivity index (χ3v) is 2.25. The SMILES string of the molecule is COCC(=O)NC(CN)Cc1ccccc1. The van der Waals surface area contributed by atoms with Crippen LogP contribution in [-0.4, -0.2) is 32.2 Å². The molecule has 4 heteroatoms. The number of carbonyl (C=O) groups is 1. The van der Waals surface area contributed by atoms with Crippen LogP contribution in [0.2, 0.25) is 0 Å². The Bertz CT molecular complexity index is 314. The van der Waals surface area contributed by atoms with Crippen molar-refractivity contribution >= 4 is 5.91 Å². The maximum absolute atomic E-state index is 11.3. The molecule has 0 saturated carbocycles. The second-order valence-corrected chi connectivity index (χ2v) is 3.62. The van der Waals surface area contributed by atoms with Crippen molar-refractivity contribution in [2.24, 2.45) is 5.73 Å². The maximum atomic E-state index is 11.3. The number of benzene rings is 1. The van der Waals surface area contributed by atoms with Crippen molar-refractivity contribution in [3.8, 4) is 0 Å². The van der Waals surface area contributed by atoms with Crippen molar-refractivity contribution < 1.29 is 9.53 Å². The highest BCUT2D eigenvalue weighted by atomic mass is 16.5. The maximum Gasteiger partial charge on any atom is 0.246 e. The number of nitrogens with one attached hydrogen (secondary N) is 1. The summed E-state index contributed by atoms with van der Waals surface area (Å²) in [5.74, 6) is -0.131. The van der Waals surface area contributed by atoms with Crippen LogP contribution in [0.25, 0.3) is 0 Å². The first kappa shape index (κ1) is 12.7. The van der Waals surface area contributed by atoms with Crippen LogP contribution in [0, 0.1) is 0 Å². The molecule has 0 aliphatic rings. The van der Waals surface area contributed by atoms with Crippen molar-refractivity contribution in [3.63, 3.8) is 0 Å².